The second-order valence-corrected chi connectivity index (χ2v) is 8.78. The highest BCUT2D eigenvalue weighted by Gasteiger charge is 2.24. The molecule has 0 spiro atoms. The Morgan fingerprint density at radius 2 is 1.83 bits per heavy atom. The van der Waals surface area contributed by atoms with Crippen molar-refractivity contribution in [2.24, 2.45) is 11.0 Å². The van der Waals surface area contributed by atoms with Crippen molar-refractivity contribution in [3.8, 4) is 11.5 Å². The number of hydrogen-bond donors (Lipinski definition) is 2. The van der Waals surface area contributed by atoms with Gasteiger partial charge in [-0.25, -0.2) is 10.2 Å². The van der Waals surface area contributed by atoms with Gasteiger partial charge in [-0.2, -0.15) is 5.10 Å². The van der Waals surface area contributed by atoms with Crippen LogP contribution in [-0.2, 0) is 14.3 Å². The fourth-order valence-corrected chi connectivity index (χ4v) is 3.57. The molecule has 2 aromatic carbocycles. The van der Waals surface area contributed by atoms with Crippen LogP contribution >= 0.6 is 15.9 Å². The van der Waals surface area contributed by atoms with Crippen molar-refractivity contribution in [2.45, 2.75) is 33.7 Å². The average molecular weight is 548 g/mol. The lowest BCUT2D eigenvalue weighted by Crippen LogP contribution is -2.48. The Labute approximate surface area is 213 Å². The lowest BCUT2D eigenvalue weighted by molar-refractivity contribution is -0.145. The Balaban J connectivity index is 2.06. The molecule has 0 aliphatic heterocycles. The fourth-order valence-electron chi connectivity index (χ4n) is 2.99. The molecular weight excluding hydrogens is 518 g/mol. The largest absolute Gasteiger partial charge is 0.493 e. The normalized spacial score (nSPS) is 11.7. The van der Waals surface area contributed by atoms with E-state index in [1.54, 1.807) is 31.2 Å². The van der Waals surface area contributed by atoms with Crippen LogP contribution in [0.4, 0.5) is 0 Å². The summed E-state index contributed by atoms with van der Waals surface area (Å²) in [7, 11) is 1.46. The van der Waals surface area contributed by atoms with Crippen molar-refractivity contribution in [3.63, 3.8) is 0 Å². The standard InChI is InChI=1S/C25H30BrN3O6/c1-6-34-21(30)14-35-23-19(26)11-17(12-20(23)33-5)13-27-29-25(32)22(15(2)3)28-24(31)18-9-7-16(4)8-10-18/h7-13,15,22H,6,14H2,1-5H3,(H,28,31)(H,29,32). The molecule has 188 valence electrons. The Morgan fingerprint density at radius 3 is 2.43 bits per heavy atom. The number of carbonyl (C=O) groups excluding carboxylic acids is 3. The highest BCUT2D eigenvalue weighted by molar-refractivity contribution is 9.10. The molecule has 10 heteroatoms. The summed E-state index contributed by atoms with van der Waals surface area (Å²) < 4.78 is 16.2. The Bertz CT molecular complexity index is 1070. The second-order valence-electron chi connectivity index (χ2n) is 7.92. The van der Waals surface area contributed by atoms with Crippen molar-refractivity contribution in [2.75, 3.05) is 20.3 Å². The summed E-state index contributed by atoms with van der Waals surface area (Å²) in [4.78, 5) is 36.8. The van der Waals surface area contributed by atoms with Crippen LogP contribution in [0.3, 0.4) is 0 Å². The first-order chi connectivity index (χ1) is 16.7. The highest BCUT2D eigenvalue weighted by atomic mass is 79.9. The summed E-state index contributed by atoms with van der Waals surface area (Å²) in [6.07, 6.45) is 1.43. The molecule has 0 heterocycles. The van der Waals surface area contributed by atoms with Crippen LogP contribution in [0.15, 0.2) is 46.0 Å². The minimum atomic E-state index is -0.777. The average Bonchev–Trinajstić information content (AvgIpc) is 2.81. The maximum absolute atomic E-state index is 12.7. The monoisotopic (exact) mass is 547 g/mol. The van der Waals surface area contributed by atoms with Crippen molar-refractivity contribution in [3.05, 3.63) is 57.6 Å². The molecule has 1 unspecified atom stereocenters. The lowest BCUT2D eigenvalue weighted by atomic mass is 10.0. The number of methoxy groups -OCH3 is 1. The van der Waals surface area contributed by atoms with E-state index in [2.05, 4.69) is 31.8 Å². The van der Waals surface area contributed by atoms with Crippen LogP contribution in [0.2, 0.25) is 0 Å². The predicted molar refractivity (Wildman–Crippen MR) is 136 cm³/mol. The number of benzene rings is 2. The first kappa shape index (κ1) is 27.8. The van der Waals surface area contributed by atoms with Crippen LogP contribution < -0.4 is 20.2 Å². The minimum Gasteiger partial charge on any atom is -0.493 e. The van der Waals surface area contributed by atoms with Gasteiger partial charge in [-0.15, -0.1) is 0 Å². The maximum atomic E-state index is 12.7. The van der Waals surface area contributed by atoms with Gasteiger partial charge in [0, 0.05) is 5.56 Å². The van der Waals surface area contributed by atoms with Gasteiger partial charge < -0.3 is 19.5 Å². The van der Waals surface area contributed by atoms with Gasteiger partial charge in [0.2, 0.25) is 0 Å². The Morgan fingerprint density at radius 1 is 1.14 bits per heavy atom. The van der Waals surface area contributed by atoms with Gasteiger partial charge in [-0.1, -0.05) is 31.5 Å². The number of carbonyl (C=O) groups is 3. The van der Waals surface area contributed by atoms with Gasteiger partial charge in [0.05, 0.1) is 24.4 Å². The zero-order valence-corrected chi connectivity index (χ0v) is 22.0. The van der Waals surface area contributed by atoms with E-state index in [1.165, 1.54) is 13.3 Å². The predicted octanol–water partition coefficient (Wildman–Crippen LogP) is 3.61. The molecule has 9 nitrogen and oxygen atoms in total. The number of aryl methyl sites for hydroxylation is 1. The molecule has 0 radical (unpaired) electrons. The third kappa shape index (κ3) is 8.40. The zero-order valence-electron chi connectivity index (χ0n) is 20.4. The zero-order chi connectivity index (χ0) is 26.0. The smallest absolute Gasteiger partial charge is 0.344 e. The van der Waals surface area contributed by atoms with Crippen LogP contribution in [0, 0.1) is 12.8 Å². The van der Waals surface area contributed by atoms with Gasteiger partial charge >= 0.3 is 5.97 Å². The quantitative estimate of drug-likeness (QED) is 0.252. The molecule has 2 aromatic rings. The first-order valence-electron chi connectivity index (χ1n) is 11.0. The molecule has 1 atom stereocenters. The summed E-state index contributed by atoms with van der Waals surface area (Å²) in [5.41, 5.74) is 4.58. The number of nitrogens with one attached hydrogen (secondary N) is 2. The van der Waals surface area contributed by atoms with E-state index in [9.17, 15) is 14.4 Å². The molecule has 2 rings (SSSR count). The van der Waals surface area contributed by atoms with Crippen LogP contribution in [-0.4, -0.2) is 50.4 Å². The molecule has 2 amide bonds. The Kier molecular flexibility index (Phi) is 10.7. The summed E-state index contributed by atoms with van der Waals surface area (Å²) in [6.45, 7) is 7.30. The third-order valence-electron chi connectivity index (χ3n) is 4.83. The van der Waals surface area contributed by atoms with Crippen molar-refractivity contribution in [1.29, 1.82) is 0 Å². The van der Waals surface area contributed by atoms with Gasteiger partial charge in [-0.05, 0) is 65.5 Å². The Hall–Kier alpha value is -3.40. The molecule has 35 heavy (non-hydrogen) atoms. The molecule has 0 saturated heterocycles. The minimum absolute atomic E-state index is 0.162. The van der Waals surface area contributed by atoms with E-state index in [1.807, 2.05) is 32.9 Å². The molecule has 0 aliphatic carbocycles. The molecule has 2 N–H and O–H groups in total. The summed E-state index contributed by atoms with van der Waals surface area (Å²) in [5, 5.41) is 6.77. The van der Waals surface area contributed by atoms with Gasteiger partial charge in [0.1, 0.15) is 6.04 Å². The topological polar surface area (TPSA) is 115 Å². The van der Waals surface area contributed by atoms with Crippen LogP contribution in [0.1, 0.15) is 42.3 Å². The van der Waals surface area contributed by atoms with E-state index in [-0.39, 0.29) is 25.0 Å². The number of halogens is 1. The highest BCUT2D eigenvalue weighted by Crippen LogP contribution is 2.36. The van der Waals surface area contributed by atoms with Crippen molar-refractivity contribution < 1.29 is 28.6 Å². The van der Waals surface area contributed by atoms with Crippen LogP contribution in [0.5, 0.6) is 11.5 Å². The van der Waals surface area contributed by atoms with Crippen molar-refractivity contribution >= 4 is 39.9 Å². The van der Waals surface area contributed by atoms with Gasteiger partial charge in [0.15, 0.2) is 18.1 Å². The fraction of sp³-hybridized carbons (Fsp3) is 0.360. The molecule has 0 bridgehead atoms. The number of hydrazone groups is 1. The first-order valence-corrected chi connectivity index (χ1v) is 11.8. The number of rotatable bonds is 11. The van der Waals surface area contributed by atoms with E-state index in [0.717, 1.165) is 5.56 Å². The number of ether oxygens (including phenoxy) is 3. The lowest BCUT2D eigenvalue weighted by Gasteiger charge is -2.20. The SMILES string of the molecule is CCOC(=O)COc1c(Br)cc(C=NNC(=O)C(NC(=O)c2ccc(C)cc2)C(C)C)cc1OC. The molecular formula is C25H30BrN3O6. The summed E-state index contributed by atoms with van der Waals surface area (Å²) in [5.74, 6) is -0.747. The number of amides is 2. The molecule has 0 aromatic heterocycles. The maximum Gasteiger partial charge on any atom is 0.344 e. The number of hydrogen-bond acceptors (Lipinski definition) is 7. The molecule has 0 fully saturated rings. The van der Waals surface area contributed by atoms with E-state index in [4.69, 9.17) is 14.2 Å². The third-order valence-corrected chi connectivity index (χ3v) is 5.42. The van der Waals surface area contributed by atoms with Crippen molar-refractivity contribution in [1.82, 2.24) is 10.7 Å². The number of esters is 1. The molecule has 0 aliphatic rings. The van der Waals surface area contributed by atoms with Gasteiger partial charge in [0.25, 0.3) is 11.8 Å². The van der Waals surface area contributed by atoms with E-state index in [0.29, 0.717) is 27.1 Å². The van der Waals surface area contributed by atoms with E-state index < -0.39 is 17.9 Å². The van der Waals surface area contributed by atoms with Crippen LogP contribution in [0.25, 0.3) is 0 Å². The van der Waals surface area contributed by atoms with E-state index >= 15 is 0 Å². The molecule has 0 saturated carbocycles. The number of nitrogens with zero attached hydrogens (tertiary/aromatic N) is 1. The summed E-state index contributed by atoms with van der Waals surface area (Å²) in [6, 6.07) is 9.65. The second kappa shape index (κ2) is 13.5. The van der Waals surface area contributed by atoms with Gasteiger partial charge in [-0.3, -0.25) is 9.59 Å². The summed E-state index contributed by atoms with van der Waals surface area (Å²) >= 11 is 3.39.